The summed E-state index contributed by atoms with van der Waals surface area (Å²) < 4.78 is 5.19. The predicted octanol–water partition coefficient (Wildman–Crippen LogP) is 2.90. The van der Waals surface area contributed by atoms with Crippen LogP contribution >= 0.6 is 0 Å². The summed E-state index contributed by atoms with van der Waals surface area (Å²) in [5.41, 5.74) is 7.87. The van der Waals surface area contributed by atoms with Crippen LogP contribution in [0.3, 0.4) is 0 Å². The highest BCUT2D eigenvalue weighted by Crippen LogP contribution is 2.21. The standard InChI is InChI=1S/C15H20N4O/c1-3-6-14-18-13(16)9-15(19-14)17-12-8-5-4-7-11(12)10-20-2/h4-5,7-9H,3,6,10H2,1-2H3,(H3,16,17,18,19). The average Bonchev–Trinajstić information content (AvgIpc) is 2.41. The van der Waals surface area contributed by atoms with Gasteiger partial charge in [0, 0.05) is 30.8 Å². The van der Waals surface area contributed by atoms with Gasteiger partial charge in [0.1, 0.15) is 17.5 Å². The Kier molecular flexibility index (Phi) is 4.90. The van der Waals surface area contributed by atoms with Gasteiger partial charge in [-0.05, 0) is 12.5 Å². The summed E-state index contributed by atoms with van der Waals surface area (Å²) in [7, 11) is 1.68. The summed E-state index contributed by atoms with van der Waals surface area (Å²) in [6, 6.07) is 9.70. The molecule has 3 N–H and O–H groups in total. The van der Waals surface area contributed by atoms with Gasteiger partial charge in [-0.1, -0.05) is 25.1 Å². The molecule has 0 aliphatic heterocycles. The van der Waals surface area contributed by atoms with E-state index in [1.807, 2.05) is 24.3 Å². The van der Waals surface area contributed by atoms with E-state index < -0.39 is 0 Å². The first kappa shape index (κ1) is 14.3. The summed E-state index contributed by atoms with van der Waals surface area (Å²) in [4.78, 5) is 8.70. The lowest BCUT2D eigenvalue weighted by atomic mass is 10.2. The van der Waals surface area contributed by atoms with Crippen molar-refractivity contribution in [1.29, 1.82) is 0 Å². The van der Waals surface area contributed by atoms with Crippen molar-refractivity contribution in [3.8, 4) is 0 Å². The third-order valence-electron chi connectivity index (χ3n) is 2.85. The maximum Gasteiger partial charge on any atom is 0.136 e. The van der Waals surface area contributed by atoms with Gasteiger partial charge in [-0.3, -0.25) is 0 Å². The molecule has 5 heteroatoms. The van der Waals surface area contributed by atoms with Crippen molar-refractivity contribution in [3.63, 3.8) is 0 Å². The molecule has 0 aliphatic carbocycles. The molecular formula is C15H20N4O. The van der Waals surface area contributed by atoms with Gasteiger partial charge >= 0.3 is 0 Å². The summed E-state index contributed by atoms with van der Waals surface area (Å²) >= 11 is 0. The van der Waals surface area contributed by atoms with Crippen molar-refractivity contribution in [2.24, 2.45) is 0 Å². The molecule has 0 unspecified atom stereocenters. The fraction of sp³-hybridized carbons (Fsp3) is 0.333. The Morgan fingerprint density at radius 2 is 2.05 bits per heavy atom. The molecule has 0 saturated carbocycles. The van der Waals surface area contributed by atoms with Crippen LogP contribution in [0.1, 0.15) is 24.7 Å². The SMILES string of the molecule is CCCc1nc(N)cc(Nc2ccccc2COC)n1. The lowest BCUT2D eigenvalue weighted by molar-refractivity contribution is 0.185. The van der Waals surface area contributed by atoms with Crippen LogP contribution in [0, 0.1) is 0 Å². The molecule has 2 aromatic rings. The number of nitrogens with zero attached hydrogens (tertiary/aromatic N) is 2. The van der Waals surface area contributed by atoms with E-state index >= 15 is 0 Å². The first-order chi connectivity index (χ1) is 9.72. The van der Waals surface area contributed by atoms with E-state index in [2.05, 4.69) is 22.2 Å². The fourth-order valence-electron chi connectivity index (χ4n) is 1.98. The first-order valence-electron chi connectivity index (χ1n) is 6.70. The van der Waals surface area contributed by atoms with Crippen LogP contribution in [-0.2, 0) is 17.8 Å². The molecule has 0 saturated heterocycles. The number of aryl methyl sites for hydroxylation is 1. The molecule has 0 amide bonds. The van der Waals surface area contributed by atoms with Gasteiger partial charge in [0.15, 0.2) is 0 Å². The van der Waals surface area contributed by atoms with Crippen LogP contribution in [0.15, 0.2) is 30.3 Å². The lowest BCUT2D eigenvalue weighted by Gasteiger charge is -2.12. The predicted molar refractivity (Wildman–Crippen MR) is 80.9 cm³/mol. The molecule has 0 atom stereocenters. The summed E-state index contributed by atoms with van der Waals surface area (Å²) in [5.74, 6) is 1.96. The zero-order valence-corrected chi connectivity index (χ0v) is 11.9. The third-order valence-corrected chi connectivity index (χ3v) is 2.85. The second kappa shape index (κ2) is 6.86. The first-order valence-corrected chi connectivity index (χ1v) is 6.70. The molecule has 2 rings (SSSR count). The maximum absolute atomic E-state index is 5.82. The van der Waals surface area contributed by atoms with Gasteiger partial charge in [-0.25, -0.2) is 9.97 Å². The molecule has 0 fully saturated rings. The van der Waals surface area contributed by atoms with Crippen molar-refractivity contribution < 1.29 is 4.74 Å². The van der Waals surface area contributed by atoms with Crippen molar-refractivity contribution in [3.05, 3.63) is 41.7 Å². The number of para-hydroxylation sites is 1. The van der Waals surface area contributed by atoms with Gasteiger partial charge in [0.2, 0.25) is 0 Å². The van der Waals surface area contributed by atoms with Crippen molar-refractivity contribution in [2.75, 3.05) is 18.2 Å². The number of rotatable bonds is 6. The van der Waals surface area contributed by atoms with E-state index in [0.717, 1.165) is 29.9 Å². The zero-order valence-electron chi connectivity index (χ0n) is 11.9. The Morgan fingerprint density at radius 3 is 2.80 bits per heavy atom. The molecular weight excluding hydrogens is 252 g/mol. The van der Waals surface area contributed by atoms with E-state index in [9.17, 15) is 0 Å². The van der Waals surface area contributed by atoms with Crippen molar-refractivity contribution in [1.82, 2.24) is 9.97 Å². The number of nitrogens with two attached hydrogens (primary N) is 1. The van der Waals surface area contributed by atoms with Gasteiger partial charge in [-0.15, -0.1) is 0 Å². The minimum atomic E-state index is 0.482. The van der Waals surface area contributed by atoms with Gasteiger partial charge in [0.05, 0.1) is 6.61 Å². The molecule has 20 heavy (non-hydrogen) atoms. The van der Waals surface area contributed by atoms with Crippen LogP contribution in [0.2, 0.25) is 0 Å². The van der Waals surface area contributed by atoms with Gasteiger partial charge < -0.3 is 15.8 Å². The highest BCUT2D eigenvalue weighted by atomic mass is 16.5. The topological polar surface area (TPSA) is 73.1 Å². The summed E-state index contributed by atoms with van der Waals surface area (Å²) in [6.45, 7) is 2.64. The average molecular weight is 272 g/mol. The molecule has 0 spiro atoms. The molecule has 0 aliphatic rings. The lowest BCUT2D eigenvalue weighted by Crippen LogP contribution is -2.04. The molecule has 5 nitrogen and oxygen atoms in total. The number of ether oxygens (including phenoxy) is 1. The number of nitrogens with one attached hydrogen (secondary N) is 1. The minimum absolute atomic E-state index is 0.482. The Labute approximate surface area is 119 Å². The van der Waals surface area contributed by atoms with Crippen LogP contribution in [0.4, 0.5) is 17.3 Å². The normalized spacial score (nSPS) is 10.5. The molecule has 1 aromatic carbocycles. The quantitative estimate of drug-likeness (QED) is 0.846. The van der Waals surface area contributed by atoms with Gasteiger partial charge in [0.25, 0.3) is 0 Å². The van der Waals surface area contributed by atoms with Crippen molar-refractivity contribution in [2.45, 2.75) is 26.4 Å². The number of hydrogen-bond donors (Lipinski definition) is 2. The van der Waals surface area contributed by atoms with E-state index in [0.29, 0.717) is 18.2 Å². The summed E-state index contributed by atoms with van der Waals surface area (Å²) in [6.07, 6.45) is 1.81. The van der Waals surface area contributed by atoms with E-state index in [1.54, 1.807) is 13.2 Å². The second-order valence-electron chi connectivity index (χ2n) is 4.56. The van der Waals surface area contributed by atoms with Crippen molar-refractivity contribution >= 4 is 17.3 Å². The molecule has 106 valence electrons. The molecule has 1 heterocycles. The fourth-order valence-corrected chi connectivity index (χ4v) is 1.98. The second-order valence-corrected chi connectivity index (χ2v) is 4.56. The van der Waals surface area contributed by atoms with Crippen LogP contribution in [-0.4, -0.2) is 17.1 Å². The summed E-state index contributed by atoms with van der Waals surface area (Å²) in [5, 5.41) is 3.29. The highest BCUT2D eigenvalue weighted by molar-refractivity contribution is 5.62. The van der Waals surface area contributed by atoms with Crippen LogP contribution in [0.5, 0.6) is 0 Å². The number of hydrogen-bond acceptors (Lipinski definition) is 5. The Morgan fingerprint density at radius 1 is 1.25 bits per heavy atom. The Balaban J connectivity index is 2.25. The third kappa shape index (κ3) is 3.68. The Bertz CT molecular complexity index is 572. The van der Waals surface area contributed by atoms with Gasteiger partial charge in [-0.2, -0.15) is 0 Å². The van der Waals surface area contributed by atoms with Crippen LogP contribution < -0.4 is 11.1 Å². The smallest absolute Gasteiger partial charge is 0.136 e. The maximum atomic E-state index is 5.82. The van der Waals surface area contributed by atoms with Crippen LogP contribution in [0.25, 0.3) is 0 Å². The Hall–Kier alpha value is -2.14. The molecule has 0 bridgehead atoms. The zero-order chi connectivity index (χ0) is 14.4. The minimum Gasteiger partial charge on any atom is -0.384 e. The highest BCUT2D eigenvalue weighted by Gasteiger charge is 2.05. The monoisotopic (exact) mass is 272 g/mol. The van der Waals surface area contributed by atoms with E-state index in [4.69, 9.17) is 10.5 Å². The number of benzene rings is 1. The largest absolute Gasteiger partial charge is 0.384 e. The van der Waals surface area contributed by atoms with E-state index in [1.165, 1.54) is 0 Å². The van der Waals surface area contributed by atoms with E-state index in [-0.39, 0.29) is 0 Å². The molecule has 0 radical (unpaired) electrons. The molecule has 1 aromatic heterocycles. The number of aromatic nitrogens is 2. The number of methoxy groups -OCH3 is 1. The number of anilines is 3. The number of nitrogen functional groups attached to an aromatic ring is 1.